The zero-order chi connectivity index (χ0) is 18.8. The number of hydrogen-bond donors (Lipinski definition) is 1. The van der Waals surface area contributed by atoms with E-state index < -0.39 is 9.84 Å². The third-order valence-corrected chi connectivity index (χ3v) is 7.87. The molecule has 26 heavy (non-hydrogen) atoms. The maximum absolute atomic E-state index is 12.4. The molecule has 1 atom stereocenters. The Morgan fingerprint density at radius 2 is 1.92 bits per heavy atom. The maximum Gasteiger partial charge on any atom is 0.234 e. The second-order valence-electron chi connectivity index (χ2n) is 7.74. The molecule has 7 heteroatoms. The number of carbonyl (C=O) groups excluding carboxylic acids is 1. The quantitative estimate of drug-likeness (QED) is 0.798. The van der Waals surface area contributed by atoms with Gasteiger partial charge in [0.25, 0.3) is 0 Å². The molecule has 1 heterocycles. The van der Waals surface area contributed by atoms with Crippen LogP contribution in [0.5, 0.6) is 0 Å². The molecule has 0 spiro atoms. The smallest absolute Gasteiger partial charge is 0.234 e. The van der Waals surface area contributed by atoms with Crippen molar-refractivity contribution in [2.75, 3.05) is 31.6 Å². The lowest BCUT2D eigenvalue weighted by Crippen LogP contribution is -2.45. The molecule has 5 nitrogen and oxygen atoms in total. The Morgan fingerprint density at radius 3 is 2.50 bits per heavy atom. The Hall–Kier alpha value is -1.11. The molecule has 1 aromatic carbocycles. The number of sulfone groups is 1. The number of nitrogens with zero attached hydrogens (tertiary/aromatic N) is 1. The first kappa shape index (κ1) is 19.6. The molecule has 0 bridgehead atoms. The van der Waals surface area contributed by atoms with Crippen molar-refractivity contribution in [3.05, 3.63) is 34.9 Å². The van der Waals surface area contributed by atoms with Crippen molar-refractivity contribution in [1.29, 1.82) is 0 Å². The lowest BCUT2D eigenvalue weighted by molar-refractivity contribution is -0.122. The van der Waals surface area contributed by atoms with E-state index in [0.29, 0.717) is 13.0 Å². The number of halogens is 1. The number of rotatable bonds is 6. The van der Waals surface area contributed by atoms with Gasteiger partial charge in [0, 0.05) is 23.0 Å². The van der Waals surface area contributed by atoms with Crippen LogP contribution in [0.15, 0.2) is 24.3 Å². The SMILES string of the molecule is CN(CC(=O)NCC1(c2ccc(Cl)cc2)CCCC1)C1CCS(=O)(=O)C1. The second-order valence-corrected chi connectivity index (χ2v) is 10.4. The van der Waals surface area contributed by atoms with Gasteiger partial charge in [-0.3, -0.25) is 9.69 Å². The van der Waals surface area contributed by atoms with E-state index in [9.17, 15) is 13.2 Å². The molecule has 1 aliphatic heterocycles. The van der Waals surface area contributed by atoms with Crippen LogP contribution in [0.4, 0.5) is 0 Å². The van der Waals surface area contributed by atoms with Crippen molar-refractivity contribution < 1.29 is 13.2 Å². The van der Waals surface area contributed by atoms with E-state index in [0.717, 1.165) is 17.9 Å². The third-order valence-electron chi connectivity index (χ3n) is 5.87. The fourth-order valence-electron chi connectivity index (χ4n) is 4.23. The molecule has 0 aromatic heterocycles. The number of likely N-dealkylation sites (N-methyl/N-ethyl adjacent to an activating group) is 1. The van der Waals surface area contributed by atoms with Crippen LogP contribution in [0, 0.1) is 0 Å². The van der Waals surface area contributed by atoms with Gasteiger partial charge in [-0.2, -0.15) is 0 Å². The third kappa shape index (κ3) is 4.59. The van der Waals surface area contributed by atoms with Gasteiger partial charge in [0.1, 0.15) is 0 Å². The van der Waals surface area contributed by atoms with E-state index in [1.807, 2.05) is 24.1 Å². The van der Waals surface area contributed by atoms with Crippen LogP contribution >= 0.6 is 11.6 Å². The van der Waals surface area contributed by atoms with E-state index in [1.165, 1.54) is 18.4 Å². The van der Waals surface area contributed by atoms with E-state index in [4.69, 9.17) is 11.6 Å². The van der Waals surface area contributed by atoms with Gasteiger partial charge < -0.3 is 5.32 Å². The predicted molar refractivity (Wildman–Crippen MR) is 104 cm³/mol. The molecule has 2 aliphatic rings. The van der Waals surface area contributed by atoms with E-state index in [2.05, 4.69) is 17.4 Å². The summed E-state index contributed by atoms with van der Waals surface area (Å²) >= 11 is 6.01. The van der Waals surface area contributed by atoms with Gasteiger partial charge in [0.2, 0.25) is 5.91 Å². The fraction of sp³-hybridized carbons (Fsp3) is 0.632. The molecule has 1 aromatic rings. The van der Waals surface area contributed by atoms with E-state index >= 15 is 0 Å². The predicted octanol–water partition coefficient (Wildman–Crippen LogP) is 2.39. The molecule has 1 amide bonds. The molecule has 1 saturated heterocycles. The van der Waals surface area contributed by atoms with Crippen molar-refractivity contribution in [3.63, 3.8) is 0 Å². The van der Waals surface area contributed by atoms with Gasteiger partial charge in [0.05, 0.1) is 18.1 Å². The zero-order valence-electron chi connectivity index (χ0n) is 15.2. The van der Waals surface area contributed by atoms with Crippen LogP contribution < -0.4 is 5.32 Å². The Bertz CT molecular complexity index is 743. The number of nitrogens with one attached hydrogen (secondary N) is 1. The average Bonchev–Trinajstić information content (AvgIpc) is 3.21. The zero-order valence-corrected chi connectivity index (χ0v) is 16.8. The Labute approximate surface area is 161 Å². The van der Waals surface area contributed by atoms with Gasteiger partial charge in [-0.1, -0.05) is 36.6 Å². The summed E-state index contributed by atoms with van der Waals surface area (Å²) in [6.45, 7) is 0.848. The highest BCUT2D eigenvalue weighted by Gasteiger charge is 2.36. The molecule has 1 unspecified atom stereocenters. The molecular formula is C19H27ClN2O3S. The Kier molecular flexibility index (Phi) is 5.94. The lowest BCUT2D eigenvalue weighted by atomic mass is 9.79. The normalized spacial score (nSPS) is 24.0. The summed E-state index contributed by atoms with van der Waals surface area (Å²) in [5.41, 5.74) is 1.21. The minimum absolute atomic E-state index is 0.0183. The second kappa shape index (κ2) is 7.87. The highest BCUT2D eigenvalue weighted by atomic mass is 35.5. The largest absolute Gasteiger partial charge is 0.354 e. The minimum atomic E-state index is -2.94. The van der Waals surface area contributed by atoms with Crippen LogP contribution in [0.25, 0.3) is 0 Å². The molecule has 144 valence electrons. The highest BCUT2D eigenvalue weighted by molar-refractivity contribution is 7.91. The molecule has 3 rings (SSSR count). The van der Waals surface area contributed by atoms with Gasteiger partial charge in [-0.05, 0) is 44.0 Å². The molecule has 0 radical (unpaired) electrons. The number of amides is 1. The Balaban J connectivity index is 1.57. The van der Waals surface area contributed by atoms with Crippen molar-refractivity contribution in [2.45, 2.75) is 43.6 Å². The molecular weight excluding hydrogens is 372 g/mol. The number of hydrogen-bond acceptors (Lipinski definition) is 4. The van der Waals surface area contributed by atoms with Gasteiger partial charge >= 0.3 is 0 Å². The van der Waals surface area contributed by atoms with Crippen LogP contribution in [0.1, 0.15) is 37.7 Å². The van der Waals surface area contributed by atoms with Gasteiger partial charge in [0.15, 0.2) is 9.84 Å². The maximum atomic E-state index is 12.4. The summed E-state index contributed by atoms with van der Waals surface area (Å²) in [5.74, 6) is 0.339. The fourth-order valence-corrected chi connectivity index (χ4v) is 6.16. The molecule has 1 saturated carbocycles. The summed E-state index contributed by atoms with van der Waals surface area (Å²) in [4.78, 5) is 14.3. The van der Waals surface area contributed by atoms with Gasteiger partial charge in [-0.25, -0.2) is 8.42 Å². The summed E-state index contributed by atoms with van der Waals surface area (Å²) in [7, 11) is -1.11. The molecule has 2 fully saturated rings. The van der Waals surface area contributed by atoms with Crippen molar-refractivity contribution in [2.24, 2.45) is 0 Å². The van der Waals surface area contributed by atoms with Crippen LogP contribution in [-0.4, -0.2) is 56.9 Å². The monoisotopic (exact) mass is 398 g/mol. The molecule has 1 N–H and O–H groups in total. The first-order valence-corrected chi connectivity index (χ1v) is 11.4. The van der Waals surface area contributed by atoms with Crippen molar-refractivity contribution in [1.82, 2.24) is 10.2 Å². The van der Waals surface area contributed by atoms with Crippen LogP contribution in [-0.2, 0) is 20.0 Å². The summed E-state index contributed by atoms with van der Waals surface area (Å²) < 4.78 is 23.2. The summed E-state index contributed by atoms with van der Waals surface area (Å²) in [6, 6.07) is 7.90. The van der Waals surface area contributed by atoms with Crippen molar-refractivity contribution in [3.8, 4) is 0 Å². The lowest BCUT2D eigenvalue weighted by Gasteiger charge is -2.31. The summed E-state index contributed by atoms with van der Waals surface area (Å²) in [6.07, 6.45) is 5.06. The Morgan fingerprint density at radius 1 is 1.27 bits per heavy atom. The van der Waals surface area contributed by atoms with E-state index in [-0.39, 0.29) is 35.4 Å². The minimum Gasteiger partial charge on any atom is -0.354 e. The van der Waals surface area contributed by atoms with Crippen LogP contribution in [0.2, 0.25) is 5.02 Å². The van der Waals surface area contributed by atoms with Crippen molar-refractivity contribution >= 4 is 27.3 Å². The van der Waals surface area contributed by atoms with Gasteiger partial charge in [-0.15, -0.1) is 0 Å². The summed E-state index contributed by atoms with van der Waals surface area (Å²) in [5, 5.41) is 3.81. The first-order valence-electron chi connectivity index (χ1n) is 9.23. The average molecular weight is 399 g/mol. The first-order chi connectivity index (χ1) is 12.3. The topological polar surface area (TPSA) is 66.5 Å². The number of benzene rings is 1. The van der Waals surface area contributed by atoms with E-state index in [1.54, 1.807) is 0 Å². The standard InChI is InChI=1S/C19H27ClN2O3S/c1-22(17-8-11-26(24,25)13-17)12-18(23)21-14-19(9-2-3-10-19)15-4-6-16(20)7-5-15/h4-7,17H,2-3,8-14H2,1H3,(H,21,23). The number of carbonyl (C=O) groups is 1. The van der Waals surface area contributed by atoms with Crippen LogP contribution in [0.3, 0.4) is 0 Å². The highest BCUT2D eigenvalue weighted by Crippen LogP contribution is 2.40. The molecule has 1 aliphatic carbocycles.